The van der Waals surface area contributed by atoms with Gasteiger partial charge in [-0.15, -0.1) is 11.3 Å². The molecule has 2 aliphatic carbocycles. The van der Waals surface area contributed by atoms with Crippen LogP contribution in [0.5, 0.6) is 0 Å². The molecule has 1 heterocycles. The third-order valence-electron chi connectivity index (χ3n) is 15.5. The van der Waals surface area contributed by atoms with Crippen LogP contribution in [0.25, 0.3) is 64.7 Å². The second-order valence-corrected chi connectivity index (χ2v) is 20.4. The van der Waals surface area contributed by atoms with Gasteiger partial charge >= 0.3 is 0 Å². The maximum absolute atomic E-state index is 2.50. The van der Waals surface area contributed by atoms with Gasteiger partial charge in [0.1, 0.15) is 0 Å². The molecule has 10 aromatic carbocycles. The fraction of sp³-hybridized carbons (Fsp3) is 0.104. The Bertz CT molecular complexity index is 3630. The van der Waals surface area contributed by atoms with Gasteiger partial charge in [-0.05, 0) is 102 Å². The maximum Gasteiger partial charge on any atom is 0.0714 e. The third-order valence-corrected chi connectivity index (χ3v) is 16.8. The van der Waals surface area contributed by atoms with Crippen molar-refractivity contribution in [3.63, 3.8) is 0 Å². The van der Waals surface area contributed by atoms with Crippen LogP contribution in [-0.2, 0) is 17.3 Å². The Labute approximate surface area is 403 Å². The number of thiophene rings is 1. The highest BCUT2D eigenvalue weighted by Gasteiger charge is 2.47. The minimum absolute atomic E-state index is 0.0127. The van der Waals surface area contributed by atoms with Crippen LogP contribution in [0, 0.1) is 0 Å². The molecule has 0 N–H and O–H groups in total. The Balaban J connectivity index is 0.890. The van der Waals surface area contributed by atoms with Crippen LogP contribution in [-0.4, -0.2) is 0 Å². The molecule has 0 nitrogen and oxygen atoms in total. The van der Waals surface area contributed by atoms with Gasteiger partial charge < -0.3 is 0 Å². The van der Waals surface area contributed by atoms with E-state index in [-0.39, 0.29) is 11.3 Å². The molecule has 0 saturated heterocycles. The molecule has 2 aliphatic rings. The van der Waals surface area contributed by atoms with E-state index in [4.69, 9.17) is 0 Å². The molecule has 324 valence electrons. The van der Waals surface area contributed by atoms with E-state index in [1.54, 1.807) is 0 Å². The van der Waals surface area contributed by atoms with Crippen LogP contribution in [0.3, 0.4) is 0 Å². The average molecular weight is 887 g/mol. The molecule has 0 fully saturated rings. The van der Waals surface area contributed by atoms with Gasteiger partial charge in [0.25, 0.3) is 0 Å². The summed E-state index contributed by atoms with van der Waals surface area (Å²) in [6.45, 7) is 4.76. The summed E-state index contributed by atoms with van der Waals surface area (Å²) >= 11 is 1.96. The molecular weight excluding hydrogens is 837 g/mol. The zero-order valence-electron chi connectivity index (χ0n) is 38.4. The fourth-order valence-corrected chi connectivity index (χ4v) is 13.6. The third kappa shape index (κ3) is 6.26. The van der Waals surface area contributed by atoms with Crippen molar-refractivity contribution >= 4 is 31.5 Å². The highest BCUT2D eigenvalue weighted by molar-refractivity contribution is 7.27. The molecule has 0 aliphatic heterocycles. The van der Waals surface area contributed by atoms with E-state index in [9.17, 15) is 0 Å². The first-order valence-electron chi connectivity index (χ1n) is 24.2. The van der Waals surface area contributed by atoms with Gasteiger partial charge in [0.05, 0.1) is 5.41 Å². The monoisotopic (exact) mass is 886 g/mol. The van der Waals surface area contributed by atoms with Crippen molar-refractivity contribution in [2.75, 3.05) is 0 Å². The van der Waals surface area contributed by atoms with Gasteiger partial charge in [0.15, 0.2) is 0 Å². The van der Waals surface area contributed by atoms with E-state index < -0.39 is 5.41 Å². The highest BCUT2D eigenvalue weighted by atomic mass is 32.1. The molecule has 0 bridgehead atoms. The van der Waals surface area contributed by atoms with Crippen LogP contribution >= 0.6 is 11.3 Å². The Morgan fingerprint density at radius 3 is 1.62 bits per heavy atom. The Hall–Kier alpha value is -7.58. The summed E-state index contributed by atoms with van der Waals surface area (Å²) in [6.07, 6.45) is 2.01. The summed E-state index contributed by atoms with van der Waals surface area (Å²) in [4.78, 5) is 0. The van der Waals surface area contributed by atoms with Crippen LogP contribution in [0.15, 0.2) is 237 Å². The number of fused-ring (bicyclic) bond motifs is 10. The van der Waals surface area contributed by atoms with Gasteiger partial charge in [-0.2, -0.15) is 0 Å². The Kier molecular flexibility index (Phi) is 9.60. The number of rotatable bonds is 9. The van der Waals surface area contributed by atoms with Crippen molar-refractivity contribution < 1.29 is 0 Å². The summed E-state index contributed by atoms with van der Waals surface area (Å²) in [7, 11) is 0. The highest BCUT2D eigenvalue weighted by Crippen LogP contribution is 2.59. The molecule has 68 heavy (non-hydrogen) atoms. The molecular formula is C67H50S. The van der Waals surface area contributed by atoms with E-state index in [2.05, 4.69) is 250 Å². The van der Waals surface area contributed by atoms with Crippen LogP contribution in [0.2, 0.25) is 0 Å². The van der Waals surface area contributed by atoms with E-state index in [1.165, 1.54) is 115 Å². The molecule has 11 aromatic rings. The first-order chi connectivity index (χ1) is 33.5. The fourth-order valence-electron chi connectivity index (χ4n) is 12.2. The smallest absolute Gasteiger partial charge is 0.0714 e. The first-order valence-corrected chi connectivity index (χ1v) is 25.0. The second-order valence-electron chi connectivity index (χ2n) is 19.4. The number of hydrogen-bond acceptors (Lipinski definition) is 1. The van der Waals surface area contributed by atoms with Crippen molar-refractivity contribution in [3.05, 3.63) is 287 Å². The first kappa shape index (κ1) is 40.7. The van der Waals surface area contributed by atoms with E-state index in [0.717, 1.165) is 12.8 Å². The van der Waals surface area contributed by atoms with Crippen molar-refractivity contribution in [2.45, 2.75) is 43.4 Å². The van der Waals surface area contributed by atoms with Crippen LogP contribution in [0.4, 0.5) is 0 Å². The Morgan fingerprint density at radius 1 is 0.382 bits per heavy atom. The summed E-state index contributed by atoms with van der Waals surface area (Å²) < 4.78 is 2.70. The summed E-state index contributed by atoms with van der Waals surface area (Å²) in [5.74, 6) is 0.240. The molecule has 1 unspecified atom stereocenters. The predicted molar refractivity (Wildman–Crippen MR) is 288 cm³/mol. The van der Waals surface area contributed by atoms with E-state index in [1.807, 2.05) is 11.3 Å². The summed E-state index contributed by atoms with van der Waals surface area (Å²) in [6, 6.07) is 89.0. The zero-order chi connectivity index (χ0) is 45.4. The largest absolute Gasteiger partial charge is 0.134 e. The predicted octanol–water partition coefficient (Wildman–Crippen LogP) is 17.8. The second kappa shape index (κ2) is 16.0. The van der Waals surface area contributed by atoms with Gasteiger partial charge in [-0.25, -0.2) is 0 Å². The zero-order valence-corrected chi connectivity index (χ0v) is 39.2. The standard InChI is InChI=1S/C67H50S/c1-66(2)59-27-14-12-23-54(59)55-40-30-44(43-62(55)66)29-39-52(47-33-31-46(32-34-47)45-17-6-3-7-18-45)48-35-37-49(38-36-48)53-25-16-26-56-57-41-42-61-63(65(57)68-64(53)56)58-24-13-15-28-60(58)67(61,50-19-8-4-9-20-50)51-21-10-5-11-22-51/h3-28,30-38,40-43,52H,29,39H2,1-2H3. The number of hydrogen-bond donors (Lipinski definition) is 0. The van der Waals surface area contributed by atoms with E-state index in [0.29, 0.717) is 0 Å². The molecule has 0 saturated carbocycles. The van der Waals surface area contributed by atoms with Gasteiger partial charge in [0, 0.05) is 37.1 Å². The summed E-state index contributed by atoms with van der Waals surface area (Å²) in [5.41, 5.74) is 22.4. The van der Waals surface area contributed by atoms with Gasteiger partial charge in [-0.1, -0.05) is 250 Å². The lowest BCUT2D eigenvalue weighted by Gasteiger charge is -2.33. The average Bonchev–Trinajstić information content (AvgIpc) is 4.01. The number of aryl methyl sites for hydroxylation is 1. The van der Waals surface area contributed by atoms with Crippen LogP contribution < -0.4 is 0 Å². The maximum atomic E-state index is 2.50. The summed E-state index contributed by atoms with van der Waals surface area (Å²) in [5, 5.41) is 2.65. The van der Waals surface area contributed by atoms with Crippen molar-refractivity contribution in [1.29, 1.82) is 0 Å². The van der Waals surface area contributed by atoms with E-state index >= 15 is 0 Å². The quantitative estimate of drug-likeness (QED) is 0.135. The normalized spacial score (nSPS) is 14.3. The minimum Gasteiger partial charge on any atom is -0.134 e. The lowest BCUT2D eigenvalue weighted by Crippen LogP contribution is -2.28. The SMILES string of the molecule is CC1(C)c2ccccc2-c2ccc(CCC(c3ccc(-c4ccccc4)cc3)c3ccc(-c4cccc5c4sc4c6c(ccc45)C(c4ccccc4)(c4ccccc4)c4ccccc4-6)cc3)cc21. The lowest BCUT2D eigenvalue weighted by atomic mass is 9.68. The van der Waals surface area contributed by atoms with Gasteiger partial charge in [-0.3, -0.25) is 0 Å². The van der Waals surface area contributed by atoms with Crippen molar-refractivity contribution in [3.8, 4) is 44.5 Å². The van der Waals surface area contributed by atoms with Crippen molar-refractivity contribution in [2.24, 2.45) is 0 Å². The molecule has 0 amide bonds. The molecule has 1 aromatic heterocycles. The lowest BCUT2D eigenvalue weighted by molar-refractivity contribution is 0.657. The van der Waals surface area contributed by atoms with Crippen LogP contribution in [0.1, 0.15) is 76.3 Å². The van der Waals surface area contributed by atoms with Gasteiger partial charge in [0.2, 0.25) is 0 Å². The topological polar surface area (TPSA) is 0 Å². The molecule has 0 radical (unpaired) electrons. The number of benzene rings is 10. The van der Waals surface area contributed by atoms with Crippen molar-refractivity contribution in [1.82, 2.24) is 0 Å². The molecule has 0 spiro atoms. The Morgan fingerprint density at radius 2 is 0.926 bits per heavy atom. The minimum atomic E-state index is -0.418. The molecule has 1 atom stereocenters. The molecule has 1 heteroatoms. The molecule has 13 rings (SSSR count).